The molecule has 30 heavy (non-hydrogen) atoms. The number of carbonyl (C=O) groups is 2. The lowest BCUT2D eigenvalue weighted by Crippen LogP contribution is -2.35. The second-order valence-corrected chi connectivity index (χ2v) is 8.05. The van der Waals surface area contributed by atoms with E-state index in [1.165, 1.54) is 31.2 Å². The van der Waals surface area contributed by atoms with Crippen molar-refractivity contribution in [3.8, 4) is 5.75 Å². The summed E-state index contributed by atoms with van der Waals surface area (Å²) < 4.78 is 32.2. The standard InChI is InChI=1S/C20H16N2O7S/c1-13(23)21(30(27,28)16-7-5-6-15(12-16)22(25)26)19-10-11-20(29-14(2)24)18-9-4-3-8-17(18)19/h3-12H,1-2H3. The fourth-order valence-corrected chi connectivity index (χ4v) is 4.50. The Labute approximate surface area is 171 Å². The molecule has 0 heterocycles. The van der Waals surface area contributed by atoms with Crippen LogP contribution in [0.3, 0.4) is 0 Å². The van der Waals surface area contributed by atoms with Gasteiger partial charge in [0.25, 0.3) is 15.7 Å². The summed E-state index contributed by atoms with van der Waals surface area (Å²) >= 11 is 0. The van der Waals surface area contributed by atoms with E-state index in [0.717, 1.165) is 19.1 Å². The van der Waals surface area contributed by atoms with Gasteiger partial charge in [0.15, 0.2) is 0 Å². The molecule has 154 valence electrons. The van der Waals surface area contributed by atoms with E-state index in [-0.39, 0.29) is 11.4 Å². The molecule has 0 aliphatic rings. The summed E-state index contributed by atoms with van der Waals surface area (Å²) in [5, 5.41) is 11.8. The van der Waals surface area contributed by atoms with E-state index in [1.807, 2.05) is 0 Å². The molecule has 3 rings (SSSR count). The van der Waals surface area contributed by atoms with Crippen LogP contribution in [-0.4, -0.2) is 25.2 Å². The van der Waals surface area contributed by atoms with Gasteiger partial charge in [0.2, 0.25) is 5.91 Å². The molecule has 0 saturated carbocycles. The van der Waals surface area contributed by atoms with Crippen LogP contribution in [0.2, 0.25) is 0 Å². The van der Waals surface area contributed by atoms with Gasteiger partial charge in [-0.25, -0.2) is 12.7 Å². The number of hydrogen-bond acceptors (Lipinski definition) is 7. The molecule has 3 aromatic rings. The topological polar surface area (TPSA) is 124 Å². The Morgan fingerprint density at radius 2 is 1.63 bits per heavy atom. The average Bonchev–Trinajstić information content (AvgIpc) is 2.69. The van der Waals surface area contributed by atoms with Crippen molar-refractivity contribution in [1.82, 2.24) is 0 Å². The van der Waals surface area contributed by atoms with Crippen LogP contribution in [0.4, 0.5) is 11.4 Å². The molecule has 0 bridgehead atoms. The van der Waals surface area contributed by atoms with Gasteiger partial charge in [-0.2, -0.15) is 0 Å². The fraction of sp³-hybridized carbons (Fsp3) is 0.100. The zero-order chi connectivity index (χ0) is 22.1. The molecule has 1 amide bonds. The van der Waals surface area contributed by atoms with Gasteiger partial charge in [-0.1, -0.05) is 30.3 Å². The van der Waals surface area contributed by atoms with Gasteiger partial charge in [0, 0.05) is 36.8 Å². The smallest absolute Gasteiger partial charge is 0.308 e. The van der Waals surface area contributed by atoms with Crippen LogP contribution in [-0.2, 0) is 19.6 Å². The normalized spacial score (nSPS) is 11.1. The maximum absolute atomic E-state index is 13.3. The first-order chi connectivity index (χ1) is 14.1. The maximum Gasteiger partial charge on any atom is 0.308 e. The van der Waals surface area contributed by atoms with Crippen molar-refractivity contribution in [3.63, 3.8) is 0 Å². The van der Waals surface area contributed by atoms with Crippen molar-refractivity contribution in [3.05, 3.63) is 70.8 Å². The van der Waals surface area contributed by atoms with E-state index >= 15 is 0 Å². The van der Waals surface area contributed by atoms with Crippen molar-refractivity contribution in [2.45, 2.75) is 18.7 Å². The molecule has 10 heteroatoms. The van der Waals surface area contributed by atoms with E-state index in [0.29, 0.717) is 15.1 Å². The Morgan fingerprint density at radius 3 is 2.23 bits per heavy atom. The number of ether oxygens (including phenoxy) is 1. The Hall–Kier alpha value is -3.79. The Kier molecular flexibility index (Phi) is 5.52. The number of hydrogen-bond donors (Lipinski definition) is 0. The Bertz CT molecular complexity index is 1290. The predicted octanol–water partition coefficient (Wildman–Crippen LogP) is 3.42. The summed E-state index contributed by atoms with van der Waals surface area (Å²) in [5.41, 5.74) is -0.393. The van der Waals surface area contributed by atoms with E-state index in [4.69, 9.17) is 4.74 Å². The lowest BCUT2D eigenvalue weighted by Gasteiger charge is -2.23. The van der Waals surface area contributed by atoms with Crippen LogP contribution < -0.4 is 9.04 Å². The zero-order valence-electron chi connectivity index (χ0n) is 15.9. The van der Waals surface area contributed by atoms with E-state index in [2.05, 4.69) is 0 Å². The summed E-state index contributed by atoms with van der Waals surface area (Å²) in [5.74, 6) is -1.16. The molecule has 0 atom stereocenters. The maximum atomic E-state index is 13.3. The molecule has 0 saturated heterocycles. The molecular formula is C20H16N2O7S. The summed E-state index contributed by atoms with van der Waals surface area (Å²) in [6, 6.07) is 13.7. The van der Waals surface area contributed by atoms with Gasteiger partial charge in [0.05, 0.1) is 15.5 Å². The third-order valence-electron chi connectivity index (χ3n) is 4.19. The van der Waals surface area contributed by atoms with Gasteiger partial charge in [-0.3, -0.25) is 19.7 Å². The largest absolute Gasteiger partial charge is 0.426 e. The number of fused-ring (bicyclic) bond motifs is 1. The molecule has 3 aromatic carbocycles. The number of sulfonamides is 1. The second-order valence-electron chi connectivity index (χ2n) is 6.26. The van der Waals surface area contributed by atoms with Crippen LogP contribution >= 0.6 is 0 Å². The molecule has 0 fully saturated rings. The molecule has 0 aliphatic carbocycles. The molecular weight excluding hydrogens is 412 g/mol. The summed E-state index contributed by atoms with van der Waals surface area (Å²) in [6.07, 6.45) is 0. The highest BCUT2D eigenvalue weighted by Gasteiger charge is 2.31. The lowest BCUT2D eigenvalue weighted by atomic mass is 10.1. The molecule has 0 N–H and O–H groups in total. The van der Waals surface area contributed by atoms with E-state index in [1.54, 1.807) is 24.3 Å². The summed E-state index contributed by atoms with van der Waals surface area (Å²) in [4.78, 5) is 33.7. The monoisotopic (exact) mass is 428 g/mol. The minimum absolute atomic E-state index is 0.0282. The number of nitrogens with zero attached hydrogens (tertiary/aromatic N) is 2. The van der Waals surface area contributed by atoms with Crippen molar-refractivity contribution >= 4 is 44.0 Å². The Morgan fingerprint density at radius 1 is 0.967 bits per heavy atom. The van der Waals surface area contributed by atoms with Gasteiger partial charge in [-0.05, 0) is 18.2 Å². The van der Waals surface area contributed by atoms with Crippen LogP contribution in [0.5, 0.6) is 5.75 Å². The second kappa shape index (κ2) is 7.91. The van der Waals surface area contributed by atoms with E-state index < -0.39 is 37.4 Å². The number of amides is 1. The van der Waals surface area contributed by atoms with Crippen molar-refractivity contribution in [2.24, 2.45) is 0 Å². The average molecular weight is 428 g/mol. The minimum Gasteiger partial charge on any atom is -0.426 e. The van der Waals surface area contributed by atoms with Crippen LogP contribution in [0, 0.1) is 10.1 Å². The zero-order valence-corrected chi connectivity index (χ0v) is 16.8. The van der Waals surface area contributed by atoms with Gasteiger partial charge >= 0.3 is 5.97 Å². The summed E-state index contributed by atoms with van der Waals surface area (Å²) in [7, 11) is -4.47. The third kappa shape index (κ3) is 3.85. The Balaban J connectivity index is 2.24. The number of nitro benzene ring substituents is 1. The highest BCUT2D eigenvalue weighted by Crippen LogP contribution is 2.36. The van der Waals surface area contributed by atoms with E-state index in [9.17, 15) is 28.1 Å². The van der Waals surface area contributed by atoms with Crippen LogP contribution in [0.1, 0.15) is 13.8 Å². The molecule has 0 aliphatic heterocycles. The number of anilines is 1. The highest BCUT2D eigenvalue weighted by molar-refractivity contribution is 7.93. The highest BCUT2D eigenvalue weighted by atomic mass is 32.2. The van der Waals surface area contributed by atoms with Crippen molar-refractivity contribution in [2.75, 3.05) is 4.31 Å². The fourth-order valence-electron chi connectivity index (χ4n) is 3.01. The van der Waals surface area contributed by atoms with Gasteiger partial charge < -0.3 is 4.74 Å². The molecule has 9 nitrogen and oxygen atoms in total. The predicted molar refractivity (Wildman–Crippen MR) is 109 cm³/mol. The number of nitro groups is 1. The molecule has 0 radical (unpaired) electrons. The number of non-ortho nitro benzene ring substituents is 1. The van der Waals surface area contributed by atoms with Gasteiger partial charge in [-0.15, -0.1) is 0 Å². The summed E-state index contributed by atoms with van der Waals surface area (Å²) in [6.45, 7) is 2.31. The number of rotatable bonds is 5. The van der Waals surface area contributed by atoms with Crippen molar-refractivity contribution in [1.29, 1.82) is 0 Å². The van der Waals surface area contributed by atoms with Crippen molar-refractivity contribution < 1.29 is 27.7 Å². The minimum atomic E-state index is -4.47. The first-order valence-electron chi connectivity index (χ1n) is 8.63. The lowest BCUT2D eigenvalue weighted by molar-refractivity contribution is -0.385. The molecule has 0 aromatic heterocycles. The number of esters is 1. The third-order valence-corrected chi connectivity index (χ3v) is 5.97. The van der Waals surface area contributed by atoms with Gasteiger partial charge in [0.1, 0.15) is 5.75 Å². The quantitative estimate of drug-likeness (QED) is 0.264. The van der Waals surface area contributed by atoms with Crippen LogP contribution in [0.25, 0.3) is 10.8 Å². The van der Waals surface area contributed by atoms with Crippen LogP contribution in [0.15, 0.2) is 65.6 Å². The molecule has 0 spiro atoms. The first-order valence-corrected chi connectivity index (χ1v) is 10.1. The SMILES string of the molecule is CC(=O)Oc1ccc(N(C(C)=O)S(=O)(=O)c2cccc([N+](=O)[O-])c2)c2ccccc12. The first kappa shape index (κ1) is 20.9. The number of carbonyl (C=O) groups excluding carboxylic acids is 2. The number of benzene rings is 3. The molecule has 0 unspecified atom stereocenters.